The summed E-state index contributed by atoms with van der Waals surface area (Å²) >= 11 is 0. The van der Waals surface area contributed by atoms with Crippen LogP contribution in [0, 0.1) is 12.3 Å². The van der Waals surface area contributed by atoms with Gasteiger partial charge in [0.2, 0.25) is 0 Å². The molecule has 0 fully saturated rings. The van der Waals surface area contributed by atoms with E-state index in [0.717, 1.165) is 13.0 Å². The van der Waals surface area contributed by atoms with Crippen LogP contribution in [0.4, 0.5) is 0 Å². The molecule has 1 aromatic carbocycles. The number of hydrogen-bond donors (Lipinski definition) is 1. The van der Waals surface area contributed by atoms with Crippen molar-refractivity contribution in [2.45, 2.75) is 40.3 Å². The number of aromatic nitrogens is 1. The Morgan fingerprint density at radius 2 is 1.89 bits per heavy atom. The number of fused-ring (bicyclic) bond motifs is 1. The summed E-state index contributed by atoms with van der Waals surface area (Å²) < 4.78 is 2.43. The Morgan fingerprint density at radius 1 is 1.21 bits per heavy atom. The molecule has 0 saturated heterocycles. The molecule has 0 atom stereocenters. The molecule has 2 N–H and O–H groups in total. The van der Waals surface area contributed by atoms with Gasteiger partial charge in [-0.1, -0.05) is 43.7 Å². The zero-order chi connectivity index (χ0) is 13.6. The van der Waals surface area contributed by atoms with E-state index in [1.807, 2.05) is 0 Å². The lowest BCUT2D eigenvalue weighted by Crippen LogP contribution is -2.15. The molecule has 2 nitrogen and oxygen atoms in total. The predicted molar refractivity (Wildman–Crippen MR) is 80.0 cm³/mol. The van der Waals surface area contributed by atoms with Gasteiger partial charge in [0.1, 0.15) is 0 Å². The first-order valence-corrected chi connectivity index (χ1v) is 6.98. The van der Waals surface area contributed by atoms with E-state index in [0.29, 0.717) is 12.0 Å². The Labute approximate surface area is 115 Å². The third kappa shape index (κ3) is 2.10. The highest BCUT2D eigenvalue weighted by molar-refractivity contribution is 5.68. The van der Waals surface area contributed by atoms with Crippen LogP contribution in [0.1, 0.15) is 30.8 Å². The molecular formula is C17H22N2. The third-order valence-corrected chi connectivity index (χ3v) is 4.10. The summed E-state index contributed by atoms with van der Waals surface area (Å²) in [4.78, 5) is 0. The molecule has 1 aliphatic heterocycles. The second kappa shape index (κ2) is 4.24. The molecule has 3 rings (SSSR count). The van der Waals surface area contributed by atoms with Crippen molar-refractivity contribution >= 4 is 0 Å². The van der Waals surface area contributed by atoms with Crippen molar-refractivity contribution in [3.8, 4) is 11.1 Å². The van der Waals surface area contributed by atoms with Crippen LogP contribution < -0.4 is 5.73 Å². The number of benzene rings is 1. The minimum absolute atomic E-state index is 0.366. The van der Waals surface area contributed by atoms with Gasteiger partial charge >= 0.3 is 0 Å². The quantitative estimate of drug-likeness (QED) is 0.873. The molecule has 0 saturated carbocycles. The Morgan fingerprint density at radius 3 is 2.53 bits per heavy atom. The number of hydrogen-bond acceptors (Lipinski definition) is 1. The van der Waals surface area contributed by atoms with E-state index < -0.39 is 0 Å². The van der Waals surface area contributed by atoms with E-state index in [1.165, 1.54) is 28.1 Å². The number of nitrogens with zero attached hydrogens (tertiary/aromatic N) is 1. The van der Waals surface area contributed by atoms with Crippen molar-refractivity contribution in [3.63, 3.8) is 0 Å². The summed E-state index contributed by atoms with van der Waals surface area (Å²) in [6, 6.07) is 11.1. The Kier molecular flexibility index (Phi) is 2.79. The normalized spacial score (nSPS) is 16.6. The van der Waals surface area contributed by atoms with Crippen LogP contribution in [0.5, 0.6) is 0 Å². The molecule has 1 aromatic heterocycles. The molecular weight excluding hydrogens is 232 g/mol. The lowest BCUT2D eigenvalue weighted by Gasteiger charge is -2.17. The summed E-state index contributed by atoms with van der Waals surface area (Å²) in [6.07, 6.45) is 1.14. The van der Waals surface area contributed by atoms with Crippen LogP contribution in [0.2, 0.25) is 0 Å². The summed E-state index contributed by atoms with van der Waals surface area (Å²) in [5.41, 5.74) is 13.0. The second-order valence-corrected chi connectivity index (χ2v) is 6.49. The lowest BCUT2D eigenvalue weighted by atomic mass is 9.90. The molecule has 0 radical (unpaired) electrons. The van der Waals surface area contributed by atoms with E-state index in [-0.39, 0.29) is 0 Å². The summed E-state index contributed by atoms with van der Waals surface area (Å²) in [5.74, 6) is 0. The number of aryl methyl sites for hydroxylation is 1. The molecule has 100 valence electrons. The molecule has 1 aliphatic rings. The molecule has 0 aliphatic carbocycles. The maximum Gasteiger partial charge on any atom is 0.0394 e. The first kappa shape index (κ1) is 12.5. The van der Waals surface area contributed by atoms with Gasteiger partial charge < -0.3 is 10.3 Å². The average molecular weight is 254 g/mol. The summed E-state index contributed by atoms with van der Waals surface area (Å²) in [5, 5.41) is 0. The number of nitrogens with two attached hydrogens (primary N) is 1. The highest BCUT2D eigenvalue weighted by Crippen LogP contribution is 2.38. The molecule has 2 heterocycles. The molecule has 2 heteroatoms. The zero-order valence-corrected chi connectivity index (χ0v) is 12.0. The second-order valence-electron chi connectivity index (χ2n) is 6.49. The lowest BCUT2D eigenvalue weighted by molar-refractivity contribution is 0.356. The molecule has 0 spiro atoms. The Hall–Kier alpha value is -1.54. The Balaban J connectivity index is 2.08. The molecule has 2 aromatic rings. The minimum atomic E-state index is 0.366. The number of rotatable bonds is 2. The first-order valence-electron chi connectivity index (χ1n) is 6.98. The first-order chi connectivity index (χ1) is 9.00. The highest BCUT2D eigenvalue weighted by atomic mass is 15.0. The zero-order valence-electron chi connectivity index (χ0n) is 12.0. The van der Waals surface area contributed by atoms with Crippen molar-refractivity contribution in [1.29, 1.82) is 0 Å². The fourth-order valence-electron chi connectivity index (χ4n) is 3.17. The highest BCUT2D eigenvalue weighted by Gasteiger charge is 2.31. The van der Waals surface area contributed by atoms with Gasteiger partial charge in [-0.15, -0.1) is 0 Å². The van der Waals surface area contributed by atoms with E-state index in [4.69, 9.17) is 5.73 Å². The van der Waals surface area contributed by atoms with Crippen molar-refractivity contribution in [2.24, 2.45) is 11.1 Å². The smallest absolute Gasteiger partial charge is 0.0394 e. The van der Waals surface area contributed by atoms with Crippen LogP contribution in [0.15, 0.2) is 30.3 Å². The largest absolute Gasteiger partial charge is 0.346 e. The standard InChI is InChI=1S/C17H22N2/c1-12-4-6-13(7-5-12)15-8-14-9-17(2,3)11-19(14)16(15)10-18/h4-8H,9-11,18H2,1-3H3. The maximum atomic E-state index is 6.00. The minimum Gasteiger partial charge on any atom is -0.346 e. The fourth-order valence-corrected chi connectivity index (χ4v) is 3.17. The SMILES string of the molecule is Cc1ccc(-c2cc3n(c2CN)CC(C)(C)C3)cc1. The van der Waals surface area contributed by atoms with Gasteiger partial charge in [0.15, 0.2) is 0 Å². The van der Waals surface area contributed by atoms with Crippen molar-refractivity contribution in [2.75, 3.05) is 0 Å². The van der Waals surface area contributed by atoms with E-state index >= 15 is 0 Å². The van der Waals surface area contributed by atoms with Gasteiger partial charge in [0, 0.05) is 30.0 Å². The molecule has 19 heavy (non-hydrogen) atoms. The molecule has 0 amide bonds. The van der Waals surface area contributed by atoms with E-state index in [1.54, 1.807) is 0 Å². The van der Waals surface area contributed by atoms with Crippen LogP contribution in [0.3, 0.4) is 0 Å². The van der Waals surface area contributed by atoms with Crippen LogP contribution in [0.25, 0.3) is 11.1 Å². The van der Waals surface area contributed by atoms with Gasteiger partial charge in [-0.05, 0) is 30.4 Å². The molecule has 0 bridgehead atoms. The van der Waals surface area contributed by atoms with Gasteiger partial charge in [-0.25, -0.2) is 0 Å². The third-order valence-electron chi connectivity index (χ3n) is 4.10. The summed E-state index contributed by atoms with van der Waals surface area (Å²) in [7, 11) is 0. The van der Waals surface area contributed by atoms with Gasteiger partial charge in [0.05, 0.1) is 0 Å². The van der Waals surface area contributed by atoms with Crippen LogP contribution in [-0.4, -0.2) is 4.57 Å². The van der Waals surface area contributed by atoms with Gasteiger partial charge in [-0.2, -0.15) is 0 Å². The maximum absolute atomic E-state index is 6.00. The summed E-state index contributed by atoms with van der Waals surface area (Å²) in [6.45, 7) is 8.47. The van der Waals surface area contributed by atoms with Crippen LogP contribution in [-0.2, 0) is 19.5 Å². The van der Waals surface area contributed by atoms with Crippen LogP contribution >= 0.6 is 0 Å². The Bertz CT molecular complexity index is 603. The molecule has 0 unspecified atom stereocenters. The van der Waals surface area contributed by atoms with Crippen molar-refractivity contribution in [1.82, 2.24) is 4.57 Å². The van der Waals surface area contributed by atoms with Crippen molar-refractivity contribution in [3.05, 3.63) is 47.3 Å². The van der Waals surface area contributed by atoms with E-state index in [2.05, 4.69) is 55.7 Å². The van der Waals surface area contributed by atoms with Gasteiger partial charge in [0.25, 0.3) is 0 Å². The van der Waals surface area contributed by atoms with E-state index in [9.17, 15) is 0 Å². The van der Waals surface area contributed by atoms with Crippen molar-refractivity contribution < 1.29 is 0 Å². The predicted octanol–water partition coefficient (Wildman–Crippen LogP) is 3.50. The average Bonchev–Trinajstić information content (AvgIpc) is 2.81. The van der Waals surface area contributed by atoms with Gasteiger partial charge in [-0.3, -0.25) is 0 Å². The fraction of sp³-hybridized carbons (Fsp3) is 0.412. The topological polar surface area (TPSA) is 30.9 Å². The monoisotopic (exact) mass is 254 g/mol.